The summed E-state index contributed by atoms with van der Waals surface area (Å²) in [6.45, 7) is 0. The minimum atomic E-state index is -0.563. The maximum absolute atomic E-state index is 14.8. The number of carbonyl (C=O) groups excluding carboxylic acids is 1. The zero-order valence-corrected chi connectivity index (χ0v) is 16.4. The van der Waals surface area contributed by atoms with Crippen LogP contribution in [0.1, 0.15) is 29.2 Å². The first-order valence-electron chi connectivity index (χ1n) is 9.45. The van der Waals surface area contributed by atoms with Crippen molar-refractivity contribution >= 4 is 34.1 Å². The standard InChI is InChI=1S/C22H16ClFN4O2/c23-13-2-1-3-14(8-13)26-22(30)17-11-28(15-4-5-15)19-10-20(27-7-6-25-12-27)18(24)9-16(19)21(17)29/h1-3,6-12,15H,4-5H2,(H,26,30). The zero-order valence-electron chi connectivity index (χ0n) is 15.7. The van der Waals surface area contributed by atoms with Crippen LogP contribution in [0.15, 0.2) is 66.1 Å². The molecule has 5 rings (SSSR count). The average molecular weight is 423 g/mol. The van der Waals surface area contributed by atoms with Crippen molar-refractivity contribution in [3.63, 3.8) is 0 Å². The number of fused-ring (bicyclic) bond motifs is 1. The highest BCUT2D eigenvalue weighted by molar-refractivity contribution is 6.31. The first kappa shape index (κ1) is 18.6. The number of halogens is 2. The molecule has 0 radical (unpaired) electrons. The molecule has 1 aliphatic rings. The summed E-state index contributed by atoms with van der Waals surface area (Å²) in [6.07, 6.45) is 8.13. The molecule has 1 aliphatic carbocycles. The van der Waals surface area contributed by atoms with Crippen LogP contribution in [0.25, 0.3) is 16.6 Å². The van der Waals surface area contributed by atoms with E-state index in [1.54, 1.807) is 53.5 Å². The van der Waals surface area contributed by atoms with E-state index in [0.29, 0.717) is 21.9 Å². The summed E-state index contributed by atoms with van der Waals surface area (Å²) in [5, 5.41) is 3.33. The van der Waals surface area contributed by atoms with E-state index in [-0.39, 0.29) is 17.0 Å². The van der Waals surface area contributed by atoms with Gasteiger partial charge in [0, 0.05) is 40.7 Å². The summed E-state index contributed by atoms with van der Waals surface area (Å²) in [7, 11) is 0. The predicted molar refractivity (Wildman–Crippen MR) is 113 cm³/mol. The van der Waals surface area contributed by atoms with Crippen molar-refractivity contribution in [1.29, 1.82) is 0 Å². The molecule has 1 saturated carbocycles. The first-order chi connectivity index (χ1) is 14.5. The average Bonchev–Trinajstić information content (AvgIpc) is 3.42. The van der Waals surface area contributed by atoms with Crippen molar-refractivity contribution in [2.45, 2.75) is 18.9 Å². The van der Waals surface area contributed by atoms with Crippen molar-refractivity contribution in [3.05, 3.63) is 87.9 Å². The van der Waals surface area contributed by atoms with Gasteiger partial charge in [-0.2, -0.15) is 0 Å². The Morgan fingerprint density at radius 2 is 2.07 bits per heavy atom. The highest BCUT2D eigenvalue weighted by Crippen LogP contribution is 2.37. The fourth-order valence-electron chi connectivity index (χ4n) is 3.54. The van der Waals surface area contributed by atoms with Gasteiger partial charge in [-0.1, -0.05) is 17.7 Å². The maximum Gasteiger partial charge on any atom is 0.261 e. The minimum absolute atomic E-state index is 0.0378. The number of pyridine rings is 1. The number of rotatable bonds is 4. The summed E-state index contributed by atoms with van der Waals surface area (Å²) in [5.41, 5.74) is 0.810. The monoisotopic (exact) mass is 422 g/mol. The largest absolute Gasteiger partial charge is 0.343 e. The molecule has 30 heavy (non-hydrogen) atoms. The molecular weight excluding hydrogens is 407 g/mol. The Morgan fingerprint density at radius 3 is 2.77 bits per heavy atom. The molecule has 2 aromatic heterocycles. The number of imidazole rings is 1. The molecule has 8 heteroatoms. The number of amides is 1. The first-order valence-corrected chi connectivity index (χ1v) is 9.83. The normalized spacial score (nSPS) is 13.5. The SMILES string of the molecule is O=C(Nc1cccc(Cl)c1)c1cn(C2CC2)c2cc(-n3ccnc3)c(F)cc2c1=O. The number of nitrogens with zero attached hydrogens (tertiary/aromatic N) is 3. The molecule has 1 fully saturated rings. The Kier molecular flexibility index (Phi) is 4.40. The Hall–Kier alpha value is -3.45. The van der Waals surface area contributed by atoms with E-state index in [0.717, 1.165) is 12.8 Å². The molecule has 0 unspecified atom stereocenters. The van der Waals surface area contributed by atoms with Crippen molar-refractivity contribution in [1.82, 2.24) is 14.1 Å². The van der Waals surface area contributed by atoms with Crippen LogP contribution in [-0.4, -0.2) is 20.0 Å². The Bertz CT molecular complexity index is 1340. The van der Waals surface area contributed by atoms with Crippen LogP contribution in [0.5, 0.6) is 0 Å². The third-order valence-corrected chi connectivity index (χ3v) is 5.39. The fraction of sp³-hybridized carbons (Fsp3) is 0.136. The number of hydrogen-bond donors (Lipinski definition) is 1. The lowest BCUT2D eigenvalue weighted by molar-refractivity contribution is 0.102. The Labute approximate surface area is 175 Å². The van der Waals surface area contributed by atoms with E-state index in [1.165, 1.54) is 12.4 Å². The van der Waals surface area contributed by atoms with Crippen LogP contribution in [0.4, 0.5) is 10.1 Å². The molecule has 2 aromatic carbocycles. The molecule has 0 spiro atoms. The van der Waals surface area contributed by atoms with E-state index in [9.17, 15) is 14.0 Å². The highest BCUT2D eigenvalue weighted by Gasteiger charge is 2.27. The minimum Gasteiger partial charge on any atom is -0.343 e. The van der Waals surface area contributed by atoms with Crippen LogP contribution in [0, 0.1) is 5.82 Å². The summed E-state index contributed by atoms with van der Waals surface area (Å²) in [5.74, 6) is -1.12. The second-order valence-corrected chi connectivity index (χ2v) is 7.70. The zero-order chi connectivity index (χ0) is 20.8. The lowest BCUT2D eigenvalue weighted by atomic mass is 10.1. The van der Waals surface area contributed by atoms with Crippen LogP contribution >= 0.6 is 11.6 Å². The predicted octanol–water partition coefficient (Wildman–Crippen LogP) is 4.57. The van der Waals surface area contributed by atoms with Crippen LogP contribution < -0.4 is 10.7 Å². The van der Waals surface area contributed by atoms with E-state index in [4.69, 9.17) is 11.6 Å². The van der Waals surface area contributed by atoms with Gasteiger partial charge in [-0.05, 0) is 43.2 Å². The number of benzene rings is 2. The summed E-state index contributed by atoms with van der Waals surface area (Å²) in [4.78, 5) is 29.9. The molecule has 1 amide bonds. The van der Waals surface area contributed by atoms with Gasteiger partial charge >= 0.3 is 0 Å². The number of anilines is 1. The number of nitrogens with one attached hydrogen (secondary N) is 1. The van der Waals surface area contributed by atoms with Gasteiger partial charge in [0.2, 0.25) is 5.43 Å². The van der Waals surface area contributed by atoms with Gasteiger partial charge in [-0.25, -0.2) is 9.37 Å². The van der Waals surface area contributed by atoms with Crippen LogP contribution in [-0.2, 0) is 0 Å². The smallest absolute Gasteiger partial charge is 0.261 e. The van der Waals surface area contributed by atoms with E-state index in [1.807, 2.05) is 4.57 Å². The van der Waals surface area contributed by atoms with Gasteiger partial charge in [-0.3, -0.25) is 9.59 Å². The molecule has 0 saturated heterocycles. The van der Waals surface area contributed by atoms with Crippen LogP contribution in [0.3, 0.4) is 0 Å². The fourth-order valence-corrected chi connectivity index (χ4v) is 3.73. The number of carbonyl (C=O) groups is 1. The molecule has 150 valence electrons. The quantitative estimate of drug-likeness (QED) is 0.524. The van der Waals surface area contributed by atoms with Gasteiger partial charge < -0.3 is 14.5 Å². The molecule has 4 aromatic rings. The molecule has 1 N–H and O–H groups in total. The summed E-state index contributed by atoms with van der Waals surface area (Å²) < 4.78 is 18.3. The van der Waals surface area contributed by atoms with Crippen molar-refractivity contribution in [3.8, 4) is 5.69 Å². The van der Waals surface area contributed by atoms with E-state index < -0.39 is 17.2 Å². The molecule has 0 bridgehead atoms. The molecule has 6 nitrogen and oxygen atoms in total. The molecule has 0 atom stereocenters. The Morgan fingerprint density at radius 1 is 1.23 bits per heavy atom. The van der Waals surface area contributed by atoms with Crippen molar-refractivity contribution < 1.29 is 9.18 Å². The molecule has 0 aliphatic heterocycles. The Balaban J connectivity index is 1.65. The van der Waals surface area contributed by atoms with Gasteiger partial charge in [0.15, 0.2) is 0 Å². The third kappa shape index (κ3) is 3.27. The van der Waals surface area contributed by atoms with Crippen molar-refractivity contribution in [2.24, 2.45) is 0 Å². The van der Waals surface area contributed by atoms with Gasteiger partial charge in [-0.15, -0.1) is 0 Å². The van der Waals surface area contributed by atoms with E-state index >= 15 is 0 Å². The molecule has 2 heterocycles. The van der Waals surface area contributed by atoms with Gasteiger partial charge in [0.05, 0.1) is 17.5 Å². The van der Waals surface area contributed by atoms with Gasteiger partial charge in [0.25, 0.3) is 5.91 Å². The summed E-state index contributed by atoms with van der Waals surface area (Å²) in [6, 6.07) is 9.67. The highest BCUT2D eigenvalue weighted by atomic mass is 35.5. The van der Waals surface area contributed by atoms with Crippen LogP contribution in [0.2, 0.25) is 5.02 Å². The van der Waals surface area contributed by atoms with Gasteiger partial charge in [0.1, 0.15) is 11.4 Å². The van der Waals surface area contributed by atoms with E-state index in [2.05, 4.69) is 10.3 Å². The second kappa shape index (κ2) is 7.11. The second-order valence-electron chi connectivity index (χ2n) is 7.27. The van der Waals surface area contributed by atoms with Crippen molar-refractivity contribution in [2.75, 3.05) is 5.32 Å². The molecular formula is C22H16ClFN4O2. The number of aromatic nitrogens is 3. The third-order valence-electron chi connectivity index (χ3n) is 5.15. The summed E-state index contributed by atoms with van der Waals surface area (Å²) >= 11 is 5.97. The topological polar surface area (TPSA) is 68.9 Å². The number of hydrogen-bond acceptors (Lipinski definition) is 3. The maximum atomic E-state index is 14.8. The lowest BCUT2D eigenvalue weighted by Gasteiger charge is -2.15. The lowest BCUT2D eigenvalue weighted by Crippen LogP contribution is -2.24.